The Morgan fingerprint density at radius 2 is 1.74 bits per heavy atom. The van der Waals surface area contributed by atoms with Gasteiger partial charge in [-0.1, -0.05) is 42.1 Å². The molecule has 0 aliphatic carbocycles. The number of amides is 1. The molecule has 2 aromatic carbocycles. The summed E-state index contributed by atoms with van der Waals surface area (Å²) in [6, 6.07) is 16.2. The number of halogens is 1. The Labute approximate surface area is 204 Å². The molecule has 1 aliphatic rings. The minimum Gasteiger partial charge on any atom is -0.366 e. The Morgan fingerprint density at radius 3 is 2.47 bits per heavy atom. The molecular weight excluding hydrogens is 471 g/mol. The van der Waals surface area contributed by atoms with Gasteiger partial charge in [-0.15, -0.1) is 11.3 Å². The largest absolute Gasteiger partial charge is 0.366 e. The molecule has 1 saturated heterocycles. The third kappa shape index (κ3) is 4.33. The van der Waals surface area contributed by atoms with E-state index >= 15 is 0 Å². The van der Waals surface area contributed by atoms with Crippen molar-refractivity contribution in [3.05, 3.63) is 81.7 Å². The lowest BCUT2D eigenvalue weighted by Gasteiger charge is -2.36. The molecule has 4 aromatic rings. The average molecular weight is 495 g/mol. The van der Waals surface area contributed by atoms with Crippen molar-refractivity contribution in [2.24, 2.45) is 0 Å². The van der Waals surface area contributed by atoms with Crippen molar-refractivity contribution in [2.45, 2.75) is 12.1 Å². The Bertz CT molecular complexity index is 1410. The van der Waals surface area contributed by atoms with Crippen LogP contribution >= 0.6 is 23.1 Å². The zero-order valence-corrected chi connectivity index (χ0v) is 20.2. The lowest BCUT2D eigenvalue weighted by molar-refractivity contribution is -0.128. The first-order valence-electron chi connectivity index (χ1n) is 11.0. The van der Waals surface area contributed by atoms with Gasteiger partial charge in [-0.3, -0.25) is 14.2 Å². The molecule has 0 unspecified atom stereocenters. The Morgan fingerprint density at radius 1 is 1.03 bits per heavy atom. The van der Waals surface area contributed by atoms with Gasteiger partial charge in [0.1, 0.15) is 10.5 Å². The number of rotatable bonds is 5. The van der Waals surface area contributed by atoms with Gasteiger partial charge in [0.25, 0.3) is 5.56 Å². The van der Waals surface area contributed by atoms with Crippen LogP contribution in [0, 0.1) is 12.7 Å². The van der Waals surface area contributed by atoms with Crippen LogP contribution in [0.25, 0.3) is 15.9 Å². The van der Waals surface area contributed by atoms with E-state index in [0.717, 1.165) is 11.3 Å². The van der Waals surface area contributed by atoms with Crippen LogP contribution in [-0.4, -0.2) is 52.3 Å². The molecule has 0 N–H and O–H groups in total. The monoisotopic (exact) mass is 494 g/mol. The van der Waals surface area contributed by atoms with Crippen LogP contribution in [0.1, 0.15) is 5.56 Å². The highest BCUT2D eigenvalue weighted by atomic mass is 32.2. The normalized spacial score (nSPS) is 14.1. The van der Waals surface area contributed by atoms with Crippen molar-refractivity contribution < 1.29 is 9.18 Å². The number of anilines is 1. The van der Waals surface area contributed by atoms with E-state index in [2.05, 4.69) is 0 Å². The molecule has 174 valence electrons. The quantitative estimate of drug-likeness (QED) is 0.305. The minimum atomic E-state index is -0.248. The molecule has 1 aliphatic heterocycles. The van der Waals surface area contributed by atoms with Crippen LogP contribution in [0.15, 0.2) is 69.9 Å². The summed E-state index contributed by atoms with van der Waals surface area (Å²) in [6.07, 6.45) is 0. The molecule has 0 spiro atoms. The fourth-order valence-corrected chi connectivity index (χ4v) is 5.81. The number of fused-ring (bicyclic) bond motifs is 1. The van der Waals surface area contributed by atoms with Crippen LogP contribution in [0.3, 0.4) is 0 Å². The second kappa shape index (κ2) is 9.60. The number of aromatic nitrogens is 2. The molecule has 2 aromatic heterocycles. The minimum absolute atomic E-state index is 0.0193. The summed E-state index contributed by atoms with van der Waals surface area (Å²) in [6.45, 7) is 4.15. The number of hydrogen-bond acceptors (Lipinski definition) is 6. The molecule has 9 heteroatoms. The highest BCUT2D eigenvalue weighted by Gasteiger charge is 2.24. The molecule has 1 amide bonds. The zero-order valence-electron chi connectivity index (χ0n) is 18.6. The Hall–Kier alpha value is -3.17. The Kier molecular flexibility index (Phi) is 6.38. The summed E-state index contributed by atoms with van der Waals surface area (Å²) in [5, 5.41) is 2.36. The third-order valence-electron chi connectivity index (χ3n) is 5.96. The van der Waals surface area contributed by atoms with Crippen molar-refractivity contribution in [1.29, 1.82) is 0 Å². The van der Waals surface area contributed by atoms with Gasteiger partial charge < -0.3 is 9.80 Å². The smallest absolute Gasteiger partial charge is 0.276 e. The zero-order chi connectivity index (χ0) is 23.7. The molecule has 1 fully saturated rings. The molecule has 6 nitrogen and oxygen atoms in total. The van der Waals surface area contributed by atoms with Crippen LogP contribution in [0.2, 0.25) is 0 Å². The van der Waals surface area contributed by atoms with Crippen molar-refractivity contribution in [3.8, 4) is 5.69 Å². The SMILES string of the molecule is Cc1ccccc1-n1c(SCC(=O)N2CCN(c3ccccc3F)CC2)nc2ccsc2c1=O. The fourth-order valence-electron chi connectivity index (χ4n) is 4.14. The molecular formula is C25H23FN4O2S2. The van der Waals surface area contributed by atoms with Crippen LogP contribution in [0.4, 0.5) is 10.1 Å². The number of benzene rings is 2. The van der Waals surface area contributed by atoms with E-state index in [4.69, 9.17) is 4.98 Å². The van der Waals surface area contributed by atoms with E-state index in [1.165, 1.54) is 29.2 Å². The van der Waals surface area contributed by atoms with Gasteiger partial charge in [0.2, 0.25) is 5.91 Å². The second-order valence-electron chi connectivity index (χ2n) is 8.06. The van der Waals surface area contributed by atoms with E-state index in [-0.39, 0.29) is 23.0 Å². The molecule has 0 atom stereocenters. The van der Waals surface area contributed by atoms with Crippen molar-refractivity contribution in [2.75, 3.05) is 36.8 Å². The molecule has 5 rings (SSSR count). The van der Waals surface area contributed by atoms with Gasteiger partial charge in [0.15, 0.2) is 5.16 Å². The number of hydrogen-bond donors (Lipinski definition) is 0. The highest BCUT2D eigenvalue weighted by molar-refractivity contribution is 7.99. The third-order valence-corrected chi connectivity index (χ3v) is 7.77. The number of aryl methyl sites for hydroxylation is 1. The van der Waals surface area contributed by atoms with Crippen LogP contribution in [0.5, 0.6) is 0 Å². The fraction of sp³-hybridized carbons (Fsp3) is 0.240. The standard InChI is InChI=1S/C25H23FN4O2S2/c1-17-6-2-4-8-20(17)30-24(32)23-19(10-15-33-23)27-25(30)34-16-22(31)29-13-11-28(12-14-29)21-9-5-3-7-18(21)26/h2-10,15H,11-14,16H2,1H3. The van der Waals surface area contributed by atoms with E-state index in [1.807, 2.05) is 53.6 Å². The van der Waals surface area contributed by atoms with Crippen molar-refractivity contribution in [1.82, 2.24) is 14.5 Å². The first-order chi connectivity index (χ1) is 16.5. The van der Waals surface area contributed by atoms with Gasteiger partial charge >= 0.3 is 0 Å². The molecule has 0 bridgehead atoms. The van der Waals surface area contributed by atoms with Crippen LogP contribution < -0.4 is 10.5 Å². The highest BCUT2D eigenvalue weighted by Crippen LogP contribution is 2.26. The number of nitrogens with zero attached hydrogens (tertiary/aromatic N) is 4. The lowest BCUT2D eigenvalue weighted by atomic mass is 10.2. The topological polar surface area (TPSA) is 58.4 Å². The summed E-state index contributed by atoms with van der Waals surface area (Å²) in [4.78, 5) is 34.8. The Balaban J connectivity index is 1.33. The number of thioether (sulfide) groups is 1. The van der Waals surface area contributed by atoms with E-state index in [9.17, 15) is 14.0 Å². The van der Waals surface area contributed by atoms with Crippen molar-refractivity contribution >= 4 is 44.9 Å². The molecule has 0 radical (unpaired) electrons. The van der Waals surface area contributed by atoms with Crippen LogP contribution in [-0.2, 0) is 4.79 Å². The number of para-hydroxylation sites is 2. The van der Waals surface area contributed by atoms with E-state index < -0.39 is 0 Å². The maximum Gasteiger partial charge on any atom is 0.276 e. The molecule has 34 heavy (non-hydrogen) atoms. The number of thiophene rings is 1. The van der Waals surface area contributed by atoms with E-state index in [1.54, 1.807) is 21.6 Å². The first kappa shape index (κ1) is 22.6. The number of carbonyl (C=O) groups is 1. The first-order valence-corrected chi connectivity index (χ1v) is 12.9. The second-order valence-corrected chi connectivity index (χ2v) is 9.92. The summed E-state index contributed by atoms with van der Waals surface area (Å²) in [5.41, 5.74) is 2.82. The van der Waals surface area contributed by atoms with Gasteiger partial charge in [0, 0.05) is 26.2 Å². The van der Waals surface area contributed by atoms with E-state index in [0.29, 0.717) is 47.2 Å². The summed E-state index contributed by atoms with van der Waals surface area (Å²) >= 11 is 2.65. The summed E-state index contributed by atoms with van der Waals surface area (Å²) in [5.74, 6) is -0.0932. The maximum absolute atomic E-state index is 14.1. The molecule has 3 heterocycles. The summed E-state index contributed by atoms with van der Waals surface area (Å²) < 4.78 is 16.3. The summed E-state index contributed by atoms with van der Waals surface area (Å²) in [7, 11) is 0. The van der Waals surface area contributed by atoms with Crippen molar-refractivity contribution in [3.63, 3.8) is 0 Å². The predicted molar refractivity (Wildman–Crippen MR) is 136 cm³/mol. The maximum atomic E-state index is 14.1. The number of carbonyl (C=O) groups excluding carboxylic acids is 1. The van der Waals surface area contributed by atoms with Gasteiger partial charge in [-0.05, 0) is 42.1 Å². The number of piperazine rings is 1. The lowest BCUT2D eigenvalue weighted by Crippen LogP contribution is -2.49. The average Bonchev–Trinajstić information content (AvgIpc) is 3.33. The predicted octanol–water partition coefficient (Wildman–Crippen LogP) is 4.34. The molecule has 0 saturated carbocycles. The van der Waals surface area contributed by atoms with Gasteiger partial charge in [-0.25, -0.2) is 9.37 Å². The van der Waals surface area contributed by atoms with Gasteiger partial charge in [-0.2, -0.15) is 0 Å². The van der Waals surface area contributed by atoms with Gasteiger partial charge in [0.05, 0.1) is 22.6 Å².